The number of hydrogen-bond donors (Lipinski definition) is 1. The molecular formula is C23H26N2O6. The summed E-state index contributed by atoms with van der Waals surface area (Å²) >= 11 is 0. The number of aromatic carboxylic acids is 1. The molecule has 0 atom stereocenters. The number of nitro groups is 2. The van der Waals surface area contributed by atoms with Crippen molar-refractivity contribution in [3.8, 4) is 12.3 Å². The maximum Gasteiger partial charge on any atom is 0.342 e. The zero-order valence-corrected chi connectivity index (χ0v) is 18.4. The number of nitrogens with zero attached hydrogens (tertiary/aromatic N) is 2. The molecule has 164 valence electrons. The number of hydrogen-bond acceptors (Lipinski definition) is 5. The third kappa shape index (κ3) is 6.64. The zero-order chi connectivity index (χ0) is 24.1. The minimum atomic E-state index is -1.29. The number of carbonyl (C=O) groups is 1. The molecule has 0 spiro atoms. The number of rotatable bonds is 3. The fraction of sp³-hybridized carbons (Fsp3) is 0.348. The van der Waals surface area contributed by atoms with Crippen LogP contribution in [0.15, 0.2) is 36.4 Å². The van der Waals surface area contributed by atoms with Crippen molar-refractivity contribution in [2.24, 2.45) is 0 Å². The highest BCUT2D eigenvalue weighted by Gasteiger charge is 2.24. The van der Waals surface area contributed by atoms with Gasteiger partial charge in [-0.3, -0.25) is 20.2 Å². The van der Waals surface area contributed by atoms with E-state index in [0.717, 1.165) is 11.1 Å². The van der Waals surface area contributed by atoms with E-state index >= 15 is 0 Å². The molecule has 8 nitrogen and oxygen atoms in total. The lowest BCUT2D eigenvalue weighted by Gasteiger charge is -2.18. The fourth-order valence-corrected chi connectivity index (χ4v) is 2.60. The highest BCUT2D eigenvalue weighted by Crippen LogP contribution is 2.29. The molecule has 0 radical (unpaired) electrons. The van der Waals surface area contributed by atoms with Gasteiger partial charge in [-0.25, -0.2) is 4.79 Å². The van der Waals surface area contributed by atoms with Crippen molar-refractivity contribution >= 4 is 17.3 Å². The van der Waals surface area contributed by atoms with Crippen molar-refractivity contribution < 1.29 is 19.7 Å². The number of benzene rings is 2. The molecule has 0 bridgehead atoms. The Bertz CT molecular complexity index is 1050. The van der Waals surface area contributed by atoms with E-state index in [4.69, 9.17) is 11.5 Å². The average Bonchev–Trinajstić information content (AvgIpc) is 2.65. The number of carboxylic acid groups (broad SMARTS) is 1. The Labute approximate surface area is 181 Å². The standard InChI is InChI=1S/C12H13NO2.C11H13NO4/c1-5-9-6-7-10(12(2,3)4)8-11(9)13(14)15;1-11(2,3)7-4-5-8(10(13)14)9(6-7)12(15)16/h1,6-8H,2-4H3;4-6H,1-3H3,(H,13,14). The van der Waals surface area contributed by atoms with Crippen molar-refractivity contribution in [3.63, 3.8) is 0 Å². The maximum atomic E-state index is 10.8. The molecule has 0 heterocycles. The SMILES string of the molecule is C#Cc1ccc(C(C)(C)C)cc1[N+](=O)[O-].CC(C)(C)c1ccc(C(=O)O)c([N+](=O)[O-])c1. The van der Waals surface area contributed by atoms with Gasteiger partial charge in [0.25, 0.3) is 11.4 Å². The average molecular weight is 426 g/mol. The lowest BCUT2D eigenvalue weighted by atomic mass is 9.86. The third-order valence-electron chi connectivity index (χ3n) is 4.51. The van der Waals surface area contributed by atoms with Gasteiger partial charge in [0.15, 0.2) is 0 Å². The Balaban J connectivity index is 0.000000311. The summed E-state index contributed by atoms with van der Waals surface area (Å²) in [5.41, 5.74) is 0.980. The first-order chi connectivity index (χ1) is 14.1. The zero-order valence-electron chi connectivity index (χ0n) is 18.4. The van der Waals surface area contributed by atoms with Crippen LogP contribution in [0.2, 0.25) is 0 Å². The minimum Gasteiger partial charge on any atom is -0.477 e. The van der Waals surface area contributed by atoms with E-state index < -0.39 is 15.8 Å². The van der Waals surface area contributed by atoms with Crippen molar-refractivity contribution in [2.45, 2.75) is 52.4 Å². The number of terminal acetylenes is 1. The summed E-state index contributed by atoms with van der Waals surface area (Å²) in [4.78, 5) is 31.2. The molecule has 31 heavy (non-hydrogen) atoms. The molecule has 0 aliphatic carbocycles. The molecule has 0 fully saturated rings. The van der Waals surface area contributed by atoms with Crippen LogP contribution in [0.5, 0.6) is 0 Å². The van der Waals surface area contributed by atoms with E-state index in [1.165, 1.54) is 12.1 Å². The van der Waals surface area contributed by atoms with Gasteiger partial charge < -0.3 is 5.11 Å². The molecule has 0 aliphatic rings. The first kappa shape index (κ1) is 25.3. The number of nitro benzene ring substituents is 2. The van der Waals surface area contributed by atoms with Gasteiger partial charge in [-0.1, -0.05) is 59.6 Å². The van der Waals surface area contributed by atoms with Crippen molar-refractivity contribution in [2.75, 3.05) is 0 Å². The van der Waals surface area contributed by atoms with Crippen molar-refractivity contribution in [3.05, 3.63) is 78.9 Å². The highest BCUT2D eigenvalue weighted by molar-refractivity contribution is 5.92. The van der Waals surface area contributed by atoms with Crippen LogP contribution in [0, 0.1) is 32.6 Å². The molecule has 8 heteroatoms. The topological polar surface area (TPSA) is 124 Å². The van der Waals surface area contributed by atoms with E-state index in [1.54, 1.807) is 18.2 Å². The summed E-state index contributed by atoms with van der Waals surface area (Å²) in [5.74, 6) is 1.03. The van der Waals surface area contributed by atoms with Gasteiger partial charge in [0.05, 0.1) is 9.85 Å². The number of carboxylic acids is 1. The van der Waals surface area contributed by atoms with Gasteiger partial charge in [0.2, 0.25) is 0 Å². The maximum absolute atomic E-state index is 10.8. The lowest BCUT2D eigenvalue weighted by molar-refractivity contribution is -0.385. The molecule has 2 rings (SSSR count). The molecular weight excluding hydrogens is 400 g/mol. The fourth-order valence-electron chi connectivity index (χ4n) is 2.60. The van der Waals surface area contributed by atoms with Gasteiger partial charge in [0, 0.05) is 12.1 Å². The summed E-state index contributed by atoms with van der Waals surface area (Å²) in [7, 11) is 0. The molecule has 2 aromatic rings. The molecule has 0 aromatic heterocycles. The molecule has 0 amide bonds. The van der Waals surface area contributed by atoms with E-state index in [1.807, 2.05) is 47.6 Å². The Hall–Kier alpha value is -3.73. The Morgan fingerprint density at radius 1 is 0.871 bits per heavy atom. The van der Waals surface area contributed by atoms with E-state index in [9.17, 15) is 25.0 Å². The quantitative estimate of drug-likeness (QED) is 0.394. The smallest absolute Gasteiger partial charge is 0.342 e. The predicted molar refractivity (Wildman–Crippen MR) is 118 cm³/mol. The van der Waals surface area contributed by atoms with Crippen LogP contribution in [0.4, 0.5) is 11.4 Å². The van der Waals surface area contributed by atoms with Gasteiger partial charge in [-0.2, -0.15) is 0 Å². The molecule has 0 saturated heterocycles. The molecule has 0 unspecified atom stereocenters. The van der Waals surface area contributed by atoms with Crippen LogP contribution in [0.1, 0.15) is 68.6 Å². The van der Waals surface area contributed by atoms with Crippen LogP contribution in [-0.4, -0.2) is 20.9 Å². The molecule has 0 aliphatic heterocycles. The molecule has 0 saturated carbocycles. The van der Waals surface area contributed by atoms with Crippen LogP contribution in [0.25, 0.3) is 0 Å². The summed E-state index contributed by atoms with van der Waals surface area (Å²) in [6, 6.07) is 9.22. The lowest BCUT2D eigenvalue weighted by Crippen LogP contribution is -2.13. The second-order valence-electron chi connectivity index (χ2n) is 8.93. The minimum absolute atomic E-state index is 0.00456. The first-order valence-corrected chi connectivity index (χ1v) is 9.37. The van der Waals surface area contributed by atoms with E-state index in [-0.39, 0.29) is 27.8 Å². The third-order valence-corrected chi connectivity index (χ3v) is 4.51. The Morgan fingerprint density at radius 2 is 1.29 bits per heavy atom. The summed E-state index contributed by atoms with van der Waals surface area (Å²) in [6.07, 6.45) is 5.19. The van der Waals surface area contributed by atoms with E-state index in [2.05, 4.69) is 5.92 Å². The van der Waals surface area contributed by atoms with Crippen molar-refractivity contribution in [1.29, 1.82) is 0 Å². The van der Waals surface area contributed by atoms with Crippen LogP contribution < -0.4 is 0 Å². The summed E-state index contributed by atoms with van der Waals surface area (Å²) < 4.78 is 0. The van der Waals surface area contributed by atoms with E-state index in [0.29, 0.717) is 5.56 Å². The molecule has 2 aromatic carbocycles. The van der Waals surface area contributed by atoms with Gasteiger partial charge in [-0.15, -0.1) is 6.42 Å². The van der Waals surface area contributed by atoms with Crippen molar-refractivity contribution in [1.82, 2.24) is 0 Å². The highest BCUT2D eigenvalue weighted by atomic mass is 16.6. The van der Waals surface area contributed by atoms with Crippen LogP contribution in [-0.2, 0) is 10.8 Å². The summed E-state index contributed by atoms with van der Waals surface area (Å²) in [5, 5.41) is 30.3. The monoisotopic (exact) mass is 426 g/mol. The second kappa shape index (κ2) is 9.39. The van der Waals surface area contributed by atoms with Crippen LogP contribution >= 0.6 is 0 Å². The first-order valence-electron chi connectivity index (χ1n) is 9.37. The second-order valence-corrected chi connectivity index (χ2v) is 8.93. The molecule has 1 N–H and O–H groups in total. The Kier molecular flexibility index (Phi) is 7.66. The largest absolute Gasteiger partial charge is 0.477 e. The Morgan fingerprint density at radius 3 is 1.65 bits per heavy atom. The van der Waals surface area contributed by atoms with Gasteiger partial charge in [0.1, 0.15) is 11.1 Å². The summed E-state index contributed by atoms with van der Waals surface area (Å²) in [6.45, 7) is 11.7. The van der Waals surface area contributed by atoms with Gasteiger partial charge >= 0.3 is 5.97 Å². The van der Waals surface area contributed by atoms with Gasteiger partial charge in [-0.05, 0) is 34.1 Å². The normalized spacial score (nSPS) is 11.0. The predicted octanol–water partition coefficient (Wildman–Crippen LogP) is 5.46. The van der Waals surface area contributed by atoms with Crippen LogP contribution in [0.3, 0.4) is 0 Å².